The molecular formula is C16H22BrN3O2. The van der Waals surface area contributed by atoms with Crippen LogP contribution in [0.25, 0.3) is 0 Å². The molecule has 1 saturated carbocycles. The molecule has 0 heterocycles. The Morgan fingerprint density at radius 3 is 2.64 bits per heavy atom. The molecule has 1 aromatic rings. The van der Waals surface area contributed by atoms with Crippen molar-refractivity contribution in [3.8, 4) is 0 Å². The van der Waals surface area contributed by atoms with E-state index < -0.39 is 0 Å². The van der Waals surface area contributed by atoms with Gasteiger partial charge in [0, 0.05) is 29.2 Å². The highest BCUT2D eigenvalue weighted by Gasteiger charge is 2.25. The van der Waals surface area contributed by atoms with Crippen LogP contribution in [0.1, 0.15) is 38.5 Å². The number of carbonyl (C=O) groups is 2. The number of hydrogen-bond acceptors (Lipinski definition) is 2. The maximum Gasteiger partial charge on any atom is 0.322 e. The molecule has 1 fully saturated rings. The molecule has 3 N–H and O–H groups in total. The molecule has 2 rings (SSSR count). The average molecular weight is 368 g/mol. The molecule has 5 nitrogen and oxygen atoms in total. The van der Waals surface area contributed by atoms with Gasteiger partial charge >= 0.3 is 6.03 Å². The zero-order valence-electron chi connectivity index (χ0n) is 12.6. The van der Waals surface area contributed by atoms with Crippen molar-refractivity contribution in [1.29, 1.82) is 0 Å². The van der Waals surface area contributed by atoms with E-state index in [2.05, 4.69) is 21.2 Å². The van der Waals surface area contributed by atoms with Gasteiger partial charge in [-0.1, -0.05) is 41.3 Å². The number of nitrogens with zero attached hydrogens (tertiary/aromatic N) is 1. The molecule has 6 heteroatoms. The Bertz CT molecular complexity index is 530. The van der Waals surface area contributed by atoms with Crippen molar-refractivity contribution in [2.24, 2.45) is 5.73 Å². The largest absolute Gasteiger partial charge is 0.370 e. The van der Waals surface area contributed by atoms with E-state index in [0.29, 0.717) is 6.54 Å². The lowest BCUT2D eigenvalue weighted by Crippen LogP contribution is -2.45. The predicted octanol–water partition coefficient (Wildman–Crippen LogP) is 3.49. The summed E-state index contributed by atoms with van der Waals surface area (Å²) >= 11 is 3.39. The molecular weight excluding hydrogens is 346 g/mol. The summed E-state index contributed by atoms with van der Waals surface area (Å²) in [5.41, 5.74) is 5.97. The number of carbonyl (C=O) groups excluding carboxylic acids is 2. The van der Waals surface area contributed by atoms with E-state index in [-0.39, 0.29) is 24.4 Å². The van der Waals surface area contributed by atoms with Gasteiger partial charge in [0.2, 0.25) is 5.91 Å². The fourth-order valence-electron chi connectivity index (χ4n) is 2.83. The smallest absolute Gasteiger partial charge is 0.322 e. The van der Waals surface area contributed by atoms with Crippen LogP contribution in [0.15, 0.2) is 28.7 Å². The zero-order chi connectivity index (χ0) is 15.9. The SMILES string of the molecule is NC(=O)CCN(C(=O)Nc1cccc(Br)c1)C1CCCCC1. The first-order chi connectivity index (χ1) is 10.6. The van der Waals surface area contributed by atoms with Gasteiger partial charge in [0.25, 0.3) is 0 Å². The van der Waals surface area contributed by atoms with Crippen LogP contribution in [0.5, 0.6) is 0 Å². The topological polar surface area (TPSA) is 75.4 Å². The maximum absolute atomic E-state index is 12.6. The maximum atomic E-state index is 12.6. The number of nitrogens with one attached hydrogen (secondary N) is 1. The van der Waals surface area contributed by atoms with Gasteiger partial charge in [0.15, 0.2) is 0 Å². The molecule has 0 atom stereocenters. The number of rotatable bonds is 5. The number of primary amides is 1. The minimum atomic E-state index is -0.379. The molecule has 0 saturated heterocycles. The van der Waals surface area contributed by atoms with Crippen molar-refractivity contribution >= 4 is 33.6 Å². The summed E-state index contributed by atoms with van der Waals surface area (Å²) in [6.45, 7) is 0.375. The number of anilines is 1. The van der Waals surface area contributed by atoms with Crippen molar-refractivity contribution in [3.05, 3.63) is 28.7 Å². The minimum Gasteiger partial charge on any atom is -0.370 e. The third-order valence-electron chi connectivity index (χ3n) is 3.95. The Labute approximate surface area is 139 Å². The van der Waals surface area contributed by atoms with Gasteiger partial charge in [-0.3, -0.25) is 4.79 Å². The lowest BCUT2D eigenvalue weighted by Gasteiger charge is -2.34. The van der Waals surface area contributed by atoms with Crippen molar-refractivity contribution in [2.45, 2.75) is 44.6 Å². The molecule has 1 aliphatic carbocycles. The highest BCUT2D eigenvalue weighted by molar-refractivity contribution is 9.10. The third-order valence-corrected chi connectivity index (χ3v) is 4.44. The van der Waals surface area contributed by atoms with Crippen LogP contribution in [0.3, 0.4) is 0 Å². The van der Waals surface area contributed by atoms with E-state index >= 15 is 0 Å². The first-order valence-corrected chi connectivity index (χ1v) is 8.47. The fourth-order valence-corrected chi connectivity index (χ4v) is 3.23. The summed E-state index contributed by atoms with van der Waals surface area (Å²) < 4.78 is 0.909. The predicted molar refractivity (Wildman–Crippen MR) is 90.6 cm³/mol. The van der Waals surface area contributed by atoms with Crippen molar-refractivity contribution in [3.63, 3.8) is 0 Å². The molecule has 0 aromatic heterocycles. The van der Waals surface area contributed by atoms with Crippen LogP contribution in [0.2, 0.25) is 0 Å². The van der Waals surface area contributed by atoms with Gasteiger partial charge in [0.1, 0.15) is 0 Å². The number of amides is 3. The number of nitrogens with two attached hydrogens (primary N) is 1. The van der Waals surface area contributed by atoms with Gasteiger partial charge in [-0.05, 0) is 31.0 Å². The van der Waals surface area contributed by atoms with E-state index in [1.807, 2.05) is 24.3 Å². The number of urea groups is 1. The number of hydrogen-bond donors (Lipinski definition) is 2. The zero-order valence-corrected chi connectivity index (χ0v) is 14.1. The molecule has 0 spiro atoms. The van der Waals surface area contributed by atoms with E-state index in [1.54, 1.807) is 4.90 Å². The molecule has 0 bridgehead atoms. The molecule has 0 radical (unpaired) electrons. The Morgan fingerprint density at radius 2 is 2.00 bits per heavy atom. The van der Waals surface area contributed by atoms with Crippen LogP contribution in [0.4, 0.5) is 10.5 Å². The summed E-state index contributed by atoms with van der Waals surface area (Å²) in [6, 6.07) is 7.50. The normalized spacial score (nSPS) is 15.3. The second-order valence-electron chi connectivity index (χ2n) is 5.64. The summed E-state index contributed by atoms with van der Waals surface area (Å²) in [4.78, 5) is 25.4. The van der Waals surface area contributed by atoms with Crippen molar-refractivity contribution in [2.75, 3.05) is 11.9 Å². The van der Waals surface area contributed by atoms with Gasteiger partial charge in [-0.2, -0.15) is 0 Å². The van der Waals surface area contributed by atoms with E-state index in [4.69, 9.17) is 5.73 Å². The Hall–Kier alpha value is -1.56. The van der Waals surface area contributed by atoms with Crippen LogP contribution < -0.4 is 11.1 Å². The summed E-state index contributed by atoms with van der Waals surface area (Å²) in [7, 11) is 0. The average Bonchev–Trinajstić information content (AvgIpc) is 2.48. The second-order valence-corrected chi connectivity index (χ2v) is 6.56. The molecule has 3 amide bonds. The van der Waals surface area contributed by atoms with Crippen LogP contribution >= 0.6 is 15.9 Å². The standard InChI is InChI=1S/C16H22BrN3O2/c17-12-5-4-6-13(11-12)19-16(22)20(10-9-15(18)21)14-7-2-1-3-8-14/h4-6,11,14H,1-3,7-10H2,(H2,18,21)(H,19,22). The summed E-state index contributed by atoms with van der Waals surface area (Å²) in [5, 5.41) is 2.91. The minimum absolute atomic E-state index is 0.161. The lowest BCUT2D eigenvalue weighted by molar-refractivity contribution is -0.118. The van der Waals surface area contributed by atoms with Crippen molar-refractivity contribution < 1.29 is 9.59 Å². The fraction of sp³-hybridized carbons (Fsp3) is 0.500. The van der Waals surface area contributed by atoms with Gasteiger partial charge in [-0.15, -0.1) is 0 Å². The molecule has 0 aliphatic heterocycles. The Morgan fingerprint density at radius 1 is 1.27 bits per heavy atom. The lowest BCUT2D eigenvalue weighted by atomic mass is 9.94. The van der Waals surface area contributed by atoms with Gasteiger partial charge < -0.3 is 16.0 Å². The highest BCUT2D eigenvalue weighted by Crippen LogP contribution is 2.24. The van der Waals surface area contributed by atoms with Gasteiger partial charge in [0.05, 0.1) is 0 Å². The van der Waals surface area contributed by atoms with E-state index in [9.17, 15) is 9.59 Å². The monoisotopic (exact) mass is 367 g/mol. The third kappa shape index (κ3) is 5.02. The van der Waals surface area contributed by atoms with E-state index in [0.717, 1.165) is 35.8 Å². The van der Waals surface area contributed by atoms with Crippen LogP contribution in [-0.2, 0) is 4.79 Å². The number of benzene rings is 1. The molecule has 1 aliphatic rings. The highest BCUT2D eigenvalue weighted by atomic mass is 79.9. The first kappa shape index (κ1) is 16.8. The summed E-state index contributed by atoms with van der Waals surface area (Å²) in [5.74, 6) is -0.379. The van der Waals surface area contributed by atoms with Crippen LogP contribution in [-0.4, -0.2) is 29.4 Å². The quantitative estimate of drug-likeness (QED) is 0.835. The van der Waals surface area contributed by atoms with E-state index in [1.165, 1.54) is 6.42 Å². The number of halogens is 1. The van der Waals surface area contributed by atoms with Crippen LogP contribution in [0, 0.1) is 0 Å². The summed E-state index contributed by atoms with van der Waals surface area (Å²) in [6.07, 6.45) is 5.65. The molecule has 1 aromatic carbocycles. The molecule has 120 valence electrons. The Balaban J connectivity index is 2.05. The Kier molecular flexibility index (Phi) is 6.24. The first-order valence-electron chi connectivity index (χ1n) is 7.68. The molecule has 0 unspecified atom stereocenters. The van der Waals surface area contributed by atoms with Gasteiger partial charge in [-0.25, -0.2) is 4.79 Å². The van der Waals surface area contributed by atoms with Crippen molar-refractivity contribution in [1.82, 2.24) is 4.90 Å². The molecule has 22 heavy (non-hydrogen) atoms. The second kappa shape index (κ2) is 8.17.